The summed E-state index contributed by atoms with van der Waals surface area (Å²) in [4.78, 5) is 2.47. The Bertz CT molecular complexity index is 431. The molecule has 1 fully saturated rings. The van der Waals surface area contributed by atoms with Gasteiger partial charge in [-0.05, 0) is 18.4 Å². The third-order valence-electron chi connectivity index (χ3n) is 3.71. The van der Waals surface area contributed by atoms with Gasteiger partial charge in [-0.2, -0.15) is 0 Å². The van der Waals surface area contributed by atoms with E-state index in [9.17, 15) is 0 Å². The topological polar surface area (TPSA) is 33.7 Å². The van der Waals surface area contributed by atoms with E-state index in [2.05, 4.69) is 28.4 Å². The molecule has 0 aromatic rings. The van der Waals surface area contributed by atoms with Gasteiger partial charge in [0.1, 0.15) is 18.8 Å². The highest BCUT2D eigenvalue weighted by Crippen LogP contribution is 2.27. The highest BCUT2D eigenvalue weighted by Gasteiger charge is 2.29. The van der Waals surface area contributed by atoms with Crippen molar-refractivity contribution in [1.82, 2.24) is 10.2 Å². The van der Waals surface area contributed by atoms with E-state index in [4.69, 9.17) is 9.47 Å². The van der Waals surface area contributed by atoms with E-state index in [1.165, 1.54) is 5.57 Å². The minimum atomic E-state index is 0.206. The maximum Gasteiger partial charge on any atom is 0.160 e. The summed E-state index contributed by atoms with van der Waals surface area (Å²) in [7, 11) is 0. The van der Waals surface area contributed by atoms with E-state index < -0.39 is 0 Å². The second-order valence-electron chi connectivity index (χ2n) is 4.94. The van der Waals surface area contributed by atoms with Crippen molar-refractivity contribution >= 4 is 0 Å². The van der Waals surface area contributed by atoms with Gasteiger partial charge >= 0.3 is 0 Å². The van der Waals surface area contributed by atoms with Crippen molar-refractivity contribution in [3.8, 4) is 0 Å². The Labute approximate surface area is 114 Å². The molecule has 3 aliphatic rings. The summed E-state index contributed by atoms with van der Waals surface area (Å²) >= 11 is 0. The summed E-state index contributed by atoms with van der Waals surface area (Å²) in [5.41, 5.74) is 1.41. The van der Waals surface area contributed by atoms with Gasteiger partial charge in [0.2, 0.25) is 0 Å². The maximum absolute atomic E-state index is 5.68. The molecule has 1 N–H and O–H groups in total. The number of ether oxygens (including phenoxy) is 2. The molecule has 1 aliphatic carbocycles. The van der Waals surface area contributed by atoms with Crippen molar-refractivity contribution in [2.45, 2.75) is 18.9 Å². The van der Waals surface area contributed by atoms with Gasteiger partial charge in [-0.1, -0.05) is 18.2 Å². The molecule has 19 heavy (non-hydrogen) atoms. The molecule has 0 amide bonds. The van der Waals surface area contributed by atoms with Crippen LogP contribution in [0.5, 0.6) is 0 Å². The third kappa shape index (κ3) is 2.91. The van der Waals surface area contributed by atoms with Crippen LogP contribution < -0.4 is 5.32 Å². The van der Waals surface area contributed by atoms with Crippen LogP contribution in [0.4, 0.5) is 0 Å². The number of nitrogens with zero attached hydrogens (tertiary/aromatic N) is 1. The zero-order valence-electron chi connectivity index (χ0n) is 11.0. The summed E-state index contributed by atoms with van der Waals surface area (Å²) in [6.45, 7) is 4.14. The second kappa shape index (κ2) is 6.08. The van der Waals surface area contributed by atoms with E-state index in [1.807, 2.05) is 0 Å². The summed E-state index contributed by atoms with van der Waals surface area (Å²) in [5, 5.41) is 3.39. The van der Waals surface area contributed by atoms with Crippen LogP contribution in [0.1, 0.15) is 12.8 Å². The fourth-order valence-corrected chi connectivity index (χ4v) is 2.79. The molecule has 0 radical (unpaired) electrons. The summed E-state index contributed by atoms with van der Waals surface area (Å²) < 4.78 is 11.0. The molecule has 1 unspecified atom stereocenters. The Hall–Kier alpha value is -1.52. The molecule has 1 atom stereocenters. The van der Waals surface area contributed by atoms with Crippen LogP contribution in [0.25, 0.3) is 0 Å². The van der Waals surface area contributed by atoms with Crippen molar-refractivity contribution in [1.29, 1.82) is 0 Å². The Morgan fingerprint density at radius 3 is 2.79 bits per heavy atom. The number of allylic oxidation sites excluding steroid dienone is 3. The summed E-state index contributed by atoms with van der Waals surface area (Å²) in [6, 6.07) is 0.206. The molecule has 0 bridgehead atoms. The highest BCUT2D eigenvalue weighted by molar-refractivity contribution is 5.29. The van der Waals surface area contributed by atoms with Crippen molar-refractivity contribution in [3.05, 3.63) is 48.3 Å². The molecule has 1 saturated heterocycles. The van der Waals surface area contributed by atoms with Crippen molar-refractivity contribution in [2.75, 3.05) is 26.2 Å². The van der Waals surface area contributed by atoms with Gasteiger partial charge in [-0.25, -0.2) is 0 Å². The number of rotatable bonds is 3. The first-order chi connectivity index (χ1) is 9.45. The smallest absolute Gasteiger partial charge is 0.160 e. The molecule has 2 aliphatic heterocycles. The lowest BCUT2D eigenvalue weighted by Crippen LogP contribution is -2.50. The molecule has 0 aromatic heterocycles. The number of hydrogen-bond acceptors (Lipinski definition) is 4. The Kier molecular flexibility index (Phi) is 4.01. The highest BCUT2D eigenvalue weighted by atomic mass is 16.5. The van der Waals surface area contributed by atoms with Crippen molar-refractivity contribution in [2.24, 2.45) is 0 Å². The van der Waals surface area contributed by atoms with Gasteiger partial charge in [-0.15, -0.1) is 0 Å². The van der Waals surface area contributed by atoms with Crippen LogP contribution in [-0.2, 0) is 9.47 Å². The minimum absolute atomic E-state index is 0.206. The van der Waals surface area contributed by atoms with E-state index >= 15 is 0 Å². The lowest BCUT2D eigenvalue weighted by Gasteiger charge is -2.37. The number of nitrogens with one attached hydrogen (secondary N) is 1. The predicted molar refractivity (Wildman–Crippen MR) is 74.1 cm³/mol. The molecule has 3 rings (SSSR count). The maximum atomic E-state index is 5.68. The van der Waals surface area contributed by atoms with E-state index in [0.717, 1.165) is 44.8 Å². The van der Waals surface area contributed by atoms with Gasteiger partial charge in [0.25, 0.3) is 0 Å². The molecular weight excluding hydrogens is 240 g/mol. The average Bonchev–Trinajstić information content (AvgIpc) is 2.51. The van der Waals surface area contributed by atoms with Crippen LogP contribution in [0.2, 0.25) is 0 Å². The Balaban J connectivity index is 1.83. The summed E-state index contributed by atoms with van der Waals surface area (Å²) in [6.07, 6.45) is 13.7. The largest absolute Gasteiger partial charge is 0.466 e. The summed E-state index contributed by atoms with van der Waals surface area (Å²) in [5.74, 6) is 0.894. The Morgan fingerprint density at radius 1 is 1.21 bits per heavy atom. The molecule has 102 valence electrons. The van der Waals surface area contributed by atoms with Crippen LogP contribution in [0.15, 0.2) is 48.3 Å². The quantitative estimate of drug-likeness (QED) is 0.840. The molecule has 4 heteroatoms. The minimum Gasteiger partial charge on any atom is -0.466 e. The zero-order chi connectivity index (χ0) is 12.9. The van der Waals surface area contributed by atoms with Gasteiger partial charge < -0.3 is 14.8 Å². The lowest BCUT2D eigenvalue weighted by atomic mass is 9.95. The monoisotopic (exact) mass is 260 g/mol. The number of hydrogen-bond donors (Lipinski definition) is 1. The van der Waals surface area contributed by atoms with Crippen molar-refractivity contribution < 1.29 is 9.47 Å². The molecule has 0 aromatic carbocycles. The van der Waals surface area contributed by atoms with Crippen LogP contribution in [0, 0.1) is 0 Å². The Morgan fingerprint density at radius 2 is 2.11 bits per heavy atom. The first kappa shape index (κ1) is 12.5. The normalized spacial score (nSPS) is 25.1. The second-order valence-corrected chi connectivity index (χ2v) is 4.94. The first-order valence-electron chi connectivity index (χ1n) is 6.93. The van der Waals surface area contributed by atoms with E-state index in [-0.39, 0.29) is 6.04 Å². The van der Waals surface area contributed by atoms with Crippen LogP contribution >= 0.6 is 0 Å². The van der Waals surface area contributed by atoms with E-state index in [0.29, 0.717) is 0 Å². The van der Waals surface area contributed by atoms with Crippen molar-refractivity contribution in [3.63, 3.8) is 0 Å². The SMILES string of the molecule is C1=CCCC(C(C2=COC=CO2)N2CCNCC2)=C1. The standard InChI is InChI=1S/C15H20N2O2/c1-2-4-13(5-3-1)15(14-12-18-10-11-19-14)17-8-6-16-7-9-17/h1-2,4,10-12,15-16H,3,5-9H2. The van der Waals surface area contributed by atoms with Gasteiger partial charge in [-0.3, -0.25) is 4.90 Å². The predicted octanol–water partition coefficient (Wildman–Crippen LogP) is 1.90. The molecule has 2 heterocycles. The fourth-order valence-electron chi connectivity index (χ4n) is 2.79. The molecule has 0 spiro atoms. The third-order valence-corrected chi connectivity index (χ3v) is 3.71. The fraction of sp³-hybridized carbons (Fsp3) is 0.467. The van der Waals surface area contributed by atoms with Crippen LogP contribution in [-0.4, -0.2) is 37.1 Å². The van der Waals surface area contributed by atoms with Gasteiger partial charge in [0.15, 0.2) is 5.76 Å². The molecule has 0 saturated carbocycles. The lowest BCUT2D eigenvalue weighted by molar-refractivity contribution is 0.147. The number of piperazine rings is 1. The molecule has 4 nitrogen and oxygen atoms in total. The average molecular weight is 260 g/mol. The molecular formula is C15H20N2O2. The first-order valence-corrected chi connectivity index (χ1v) is 6.93. The van der Waals surface area contributed by atoms with Crippen LogP contribution in [0.3, 0.4) is 0 Å². The van der Waals surface area contributed by atoms with Gasteiger partial charge in [0.05, 0.1) is 6.04 Å². The van der Waals surface area contributed by atoms with E-state index in [1.54, 1.807) is 18.8 Å². The zero-order valence-corrected chi connectivity index (χ0v) is 11.0. The van der Waals surface area contributed by atoms with Gasteiger partial charge in [0, 0.05) is 26.2 Å².